The van der Waals surface area contributed by atoms with Crippen LogP contribution >= 0.6 is 0 Å². The zero-order valence-corrected chi connectivity index (χ0v) is 12.7. The molecule has 0 unspecified atom stereocenters. The van der Waals surface area contributed by atoms with Crippen molar-refractivity contribution in [2.24, 2.45) is 11.8 Å². The van der Waals surface area contributed by atoms with E-state index < -0.39 is 11.7 Å². The monoisotopic (exact) mass is 328 g/mol. The van der Waals surface area contributed by atoms with Crippen molar-refractivity contribution in [3.8, 4) is 0 Å². The second-order valence-corrected chi connectivity index (χ2v) is 6.22. The highest BCUT2D eigenvalue weighted by Gasteiger charge is 2.37. The summed E-state index contributed by atoms with van der Waals surface area (Å²) >= 11 is 0. The zero-order chi connectivity index (χ0) is 16.4. The topological polar surface area (TPSA) is 42.4 Å². The van der Waals surface area contributed by atoms with Gasteiger partial charge in [-0.05, 0) is 36.8 Å². The van der Waals surface area contributed by atoms with E-state index in [-0.39, 0.29) is 18.0 Å². The number of carbonyl (C=O) groups is 1. The maximum atomic E-state index is 12.7. The van der Waals surface area contributed by atoms with Crippen molar-refractivity contribution in [2.45, 2.75) is 25.4 Å². The largest absolute Gasteiger partial charge is 0.416 e. The van der Waals surface area contributed by atoms with Crippen LogP contribution < -0.4 is 0 Å². The number of alkyl halides is 3. The Labute approximate surface area is 132 Å². The minimum absolute atomic E-state index is 0.0790. The number of ether oxygens (including phenoxy) is 1. The van der Waals surface area contributed by atoms with Gasteiger partial charge in [0.05, 0.1) is 17.7 Å². The van der Waals surface area contributed by atoms with Crippen LogP contribution in [-0.4, -0.2) is 42.1 Å². The van der Waals surface area contributed by atoms with Gasteiger partial charge in [0.1, 0.15) is 0 Å². The number of rotatable bonds is 3. The van der Waals surface area contributed by atoms with Crippen LogP contribution in [0.25, 0.3) is 0 Å². The van der Waals surface area contributed by atoms with E-state index in [0.717, 1.165) is 44.4 Å². The van der Waals surface area contributed by atoms with Crippen molar-refractivity contribution in [2.75, 3.05) is 26.3 Å². The van der Waals surface area contributed by atoms with Gasteiger partial charge >= 0.3 is 6.18 Å². The molecule has 1 aromatic rings. The van der Waals surface area contributed by atoms with E-state index in [1.807, 2.05) is 0 Å². The molecule has 2 saturated heterocycles. The Hall–Kier alpha value is -1.63. The SMILES string of the molecule is O=C(Cc1cc(C(F)(F)F)ccn1)N1CC(C2CCOCC2)C1. The van der Waals surface area contributed by atoms with Gasteiger partial charge in [0.2, 0.25) is 5.91 Å². The lowest BCUT2D eigenvalue weighted by molar-refractivity contribution is -0.140. The fraction of sp³-hybridized carbons (Fsp3) is 0.625. The van der Waals surface area contributed by atoms with Gasteiger partial charge in [0.15, 0.2) is 0 Å². The summed E-state index contributed by atoms with van der Waals surface area (Å²) in [5.41, 5.74) is -0.599. The number of nitrogens with zero attached hydrogens (tertiary/aromatic N) is 2. The Balaban J connectivity index is 1.52. The summed E-state index contributed by atoms with van der Waals surface area (Å²) in [6.07, 6.45) is -1.33. The number of pyridine rings is 1. The maximum Gasteiger partial charge on any atom is 0.416 e. The lowest BCUT2D eigenvalue weighted by Crippen LogP contribution is -2.53. The Morgan fingerprint density at radius 2 is 1.96 bits per heavy atom. The van der Waals surface area contributed by atoms with E-state index in [1.165, 1.54) is 0 Å². The molecule has 2 aliphatic rings. The maximum absolute atomic E-state index is 12.7. The third-order valence-corrected chi connectivity index (χ3v) is 4.67. The molecule has 23 heavy (non-hydrogen) atoms. The number of likely N-dealkylation sites (tertiary alicyclic amines) is 1. The number of aromatic nitrogens is 1. The molecule has 0 spiro atoms. The quantitative estimate of drug-likeness (QED) is 0.856. The zero-order valence-electron chi connectivity index (χ0n) is 12.7. The molecule has 2 fully saturated rings. The van der Waals surface area contributed by atoms with Gasteiger partial charge in [-0.1, -0.05) is 0 Å². The predicted molar refractivity (Wildman–Crippen MR) is 76.6 cm³/mol. The Morgan fingerprint density at radius 3 is 2.61 bits per heavy atom. The first-order valence-corrected chi connectivity index (χ1v) is 7.81. The van der Waals surface area contributed by atoms with E-state index >= 15 is 0 Å². The fourth-order valence-electron chi connectivity index (χ4n) is 3.22. The molecule has 3 rings (SSSR count). The molecule has 0 radical (unpaired) electrons. The third-order valence-electron chi connectivity index (χ3n) is 4.67. The summed E-state index contributed by atoms with van der Waals surface area (Å²) in [4.78, 5) is 17.8. The van der Waals surface area contributed by atoms with Gasteiger partial charge in [-0.25, -0.2) is 0 Å². The molecular weight excluding hydrogens is 309 g/mol. The number of hydrogen-bond donors (Lipinski definition) is 0. The second-order valence-electron chi connectivity index (χ2n) is 6.22. The van der Waals surface area contributed by atoms with Crippen LogP contribution in [0.2, 0.25) is 0 Å². The van der Waals surface area contributed by atoms with Gasteiger partial charge in [-0.15, -0.1) is 0 Å². The summed E-state index contributed by atoms with van der Waals surface area (Å²) in [6, 6.07) is 1.87. The summed E-state index contributed by atoms with van der Waals surface area (Å²) in [6.45, 7) is 2.96. The van der Waals surface area contributed by atoms with Crippen molar-refractivity contribution >= 4 is 5.91 Å². The molecule has 126 valence electrons. The van der Waals surface area contributed by atoms with Gasteiger partial charge in [0.25, 0.3) is 0 Å². The second kappa shape index (κ2) is 6.47. The van der Waals surface area contributed by atoms with Crippen molar-refractivity contribution in [3.63, 3.8) is 0 Å². The highest BCUT2D eigenvalue weighted by Crippen LogP contribution is 2.32. The molecule has 0 atom stereocenters. The first kappa shape index (κ1) is 16.2. The first-order chi connectivity index (χ1) is 10.9. The lowest BCUT2D eigenvalue weighted by atomic mass is 9.81. The van der Waals surface area contributed by atoms with Gasteiger partial charge < -0.3 is 9.64 Å². The molecule has 1 amide bonds. The smallest absolute Gasteiger partial charge is 0.381 e. The summed E-state index contributed by atoms with van der Waals surface area (Å²) in [7, 11) is 0. The van der Waals surface area contributed by atoms with Crippen LogP contribution in [-0.2, 0) is 22.1 Å². The molecule has 2 aliphatic heterocycles. The molecule has 7 heteroatoms. The molecule has 0 aliphatic carbocycles. The summed E-state index contributed by atoms with van der Waals surface area (Å²) in [5, 5.41) is 0. The number of halogens is 3. The average Bonchev–Trinajstić information content (AvgIpc) is 2.46. The van der Waals surface area contributed by atoms with E-state index in [1.54, 1.807) is 4.90 Å². The molecule has 0 saturated carbocycles. The van der Waals surface area contributed by atoms with E-state index in [0.29, 0.717) is 24.9 Å². The summed E-state index contributed by atoms with van der Waals surface area (Å²) in [5.74, 6) is 0.942. The van der Waals surface area contributed by atoms with Gasteiger partial charge in [-0.3, -0.25) is 9.78 Å². The molecule has 0 bridgehead atoms. The fourth-order valence-corrected chi connectivity index (χ4v) is 3.22. The minimum Gasteiger partial charge on any atom is -0.381 e. The summed E-state index contributed by atoms with van der Waals surface area (Å²) < 4.78 is 43.3. The van der Waals surface area contributed by atoms with Crippen molar-refractivity contribution in [1.29, 1.82) is 0 Å². The van der Waals surface area contributed by atoms with E-state index in [4.69, 9.17) is 4.74 Å². The van der Waals surface area contributed by atoms with Crippen LogP contribution in [0.15, 0.2) is 18.3 Å². The number of carbonyl (C=O) groups excluding carboxylic acids is 1. The molecule has 0 N–H and O–H groups in total. The van der Waals surface area contributed by atoms with Gasteiger partial charge in [-0.2, -0.15) is 13.2 Å². The Morgan fingerprint density at radius 1 is 1.26 bits per heavy atom. The first-order valence-electron chi connectivity index (χ1n) is 7.81. The molecule has 1 aromatic heterocycles. The Bertz CT molecular complexity index is 565. The highest BCUT2D eigenvalue weighted by molar-refractivity contribution is 5.79. The van der Waals surface area contributed by atoms with Crippen LogP contribution in [0.4, 0.5) is 13.2 Å². The van der Waals surface area contributed by atoms with Crippen molar-refractivity contribution < 1.29 is 22.7 Å². The van der Waals surface area contributed by atoms with Crippen LogP contribution in [0.3, 0.4) is 0 Å². The van der Waals surface area contributed by atoms with Crippen LogP contribution in [0.1, 0.15) is 24.1 Å². The highest BCUT2D eigenvalue weighted by atomic mass is 19.4. The third kappa shape index (κ3) is 3.83. The minimum atomic E-state index is -4.41. The lowest BCUT2D eigenvalue weighted by Gasteiger charge is -2.44. The van der Waals surface area contributed by atoms with Gasteiger partial charge in [0, 0.05) is 32.5 Å². The molecule has 4 nitrogen and oxygen atoms in total. The average molecular weight is 328 g/mol. The molecule has 0 aromatic carbocycles. The number of hydrogen-bond acceptors (Lipinski definition) is 3. The predicted octanol–water partition coefficient (Wildman–Crippen LogP) is 2.53. The van der Waals surface area contributed by atoms with Crippen molar-refractivity contribution in [3.05, 3.63) is 29.6 Å². The van der Waals surface area contributed by atoms with E-state index in [9.17, 15) is 18.0 Å². The standard InChI is InChI=1S/C16H19F3N2O2/c17-16(18,19)13-1-4-20-14(7-13)8-15(22)21-9-12(10-21)11-2-5-23-6-3-11/h1,4,7,11-12H,2-3,5-6,8-10H2. The Kier molecular flexibility index (Phi) is 4.57. The molecular formula is C16H19F3N2O2. The van der Waals surface area contributed by atoms with Crippen LogP contribution in [0, 0.1) is 11.8 Å². The molecule has 3 heterocycles. The van der Waals surface area contributed by atoms with Crippen molar-refractivity contribution in [1.82, 2.24) is 9.88 Å². The number of amides is 1. The van der Waals surface area contributed by atoms with Crippen LogP contribution in [0.5, 0.6) is 0 Å². The van der Waals surface area contributed by atoms with E-state index in [2.05, 4.69) is 4.98 Å². The normalized spacial score (nSPS) is 20.4.